The summed E-state index contributed by atoms with van der Waals surface area (Å²) in [6.07, 6.45) is 7.77. The molecule has 4 aromatic carbocycles. The zero-order chi connectivity index (χ0) is 26.1. The molecule has 0 amide bonds. The normalized spacial score (nSPS) is 12.8. The third-order valence-electron chi connectivity index (χ3n) is 7.49. The number of imidazole rings is 1. The molecule has 0 spiro atoms. The fourth-order valence-corrected chi connectivity index (χ4v) is 5.58. The Morgan fingerprint density at radius 2 is 1.72 bits per heavy atom. The topological polar surface area (TPSA) is 21.7 Å². The van der Waals surface area contributed by atoms with Gasteiger partial charge >= 0.3 is 20.1 Å². The summed E-state index contributed by atoms with van der Waals surface area (Å²) in [4.78, 5) is 4.22. The number of hydrogen-bond donors (Lipinski definition) is 0. The number of unbranched alkanes of at least 4 members (excludes halogenated alkanes) is 1. The monoisotopic (exact) mass is 686 g/mol. The maximum Gasteiger partial charge on any atom is 3.00 e. The van der Waals surface area contributed by atoms with Crippen LogP contribution in [-0.2, 0) is 32.1 Å². The molecule has 0 saturated heterocycles. The first kappa shape index (κ1) is 27.0. The Morgan fingerprint density at radius 3 is 2.49 bits per heavy atom. The number of hydrogen-bond acceptors (Lipinski definition) is 1. The summed E-state index contributed by atoms with van der Waals surface area (Å²) in [5.41, 5.74) is 8.37. The Morgan fingerprint density at radius 1 is 0.897 bits per heavy atom. The zero-order valence-corrected chi connectivity index (χ0v) is 24.9. The van der Waals surface area contributed by atoms with E-state index in [1.54, 1.807) is 6.20 Å². The SMILES string of the molecule is CCCCn1[c-][n+]2c3c(cccc31)C(C)(C)c1c-2[c-]cc2ccccc12.[Ir+3].[c-]1ccccc1-c1ccccn1. The smallest absolute Gasteiger partial charge is 0.341 e. The van der Waals surface area contributed by atoms with Gasteiger partial charge in [-0.2, -0.15) is 12.1 Å². The van der Waals surface area contributed by atoms with Gasteiger partial charge in [-0.1, -0.05) is 87.0 Å². The summed E-state index contributed by atoms with van der Waals surface area (Å²) in [5, 5.41) is 2.57. The van der Waals surface area contributed by atoms with Crippen molar-refractivity contribution in [1.82, 2.24) is 9.55 Å². The summed E-state index contributed by atoms with van der Waals surface area (Å²) >= 11 is 0. The number of para-hydroxylation sites is 1. The van der Waals surface area contributed by atoms with Gasteiger partial charge in [-0.05, 0) is 23.6 Å². The molecule has 0 unspecified atom stereocenters. The van der Waals surface area contributed by atoms with Crippen molar-refractivity contribution in [1.29, 1.82) is 0 Å². The molecule has 0 bridgehead atoms. The van der Waals surface area contributed by atoms with Crippen LogP contribution in [0.15, 0.2) is 97.2 Å². The van der Waals surface area contributed by atoms with Crippen LogP contribution in [0.5, 0.6) is 0 Å². The van der Waals surface area contributed by atoms with Crippen molar-refractivity contribution in [3.63, 3.8) is 0 Å². The number of aryl methyl sites for hydroxylation is 1. The van der Waals surface area contributed by atoms with Gasteiger partial charge in [0.25, 0.3) is 0 Å². The molecule has 0 aliphatic carbocycles. The van der Waals surface area contributed by atoms with Gasteiger partial charge < -0.3 is 14.1 Å². The van der Waals surface area contributed by atoms with Crippen LogP contribution in [0.3, 0.4) is 0 Å². The van der Waals surface area contributed by atoms with E-state index in [2.05, 4.69) is 102 Å². The fraction of sp³-hybridized carbons (Fsp3) is 0.200. The molecular weight excluding hydrogens is 655 g/mol. The second-order valence-corrected chi connectivity index (χ2v) is 10.3. The predicted molar refractivity (Wildman–Crippen MR) is 154 cm³/mol. The average molecular weight is 686 g/mol. The number of nitrogens with zero attached hydrogens (tertiary/aromatic N) is 3. The van der Waals surface area contributed by atoms with E-state index in [0.717, 1.165) is 23.5 Å². The predicted octanol–water partition coefficient (Wildman–Crippen LogP) is 7.66. The van der Waals surface area contributed by atoms with E-state index in [0.29, 0.717) is 0 Å². The maximum absolute atomic E-state index is 4.22. The van der Waals surface area contributed by atoms with Crippen molar-refractivity contribution in [3.05, 3.63) is 127 Å². The van der Waals surface area contributed by atoms with Crippen LogP contribution < -0.4 is 4.57 Å². The van der Waals surface area contributed by atoms with Crippen molar-refractivity contribution in [2.24, 2.45) is 0 Å². The van der Waals surface area contributed by atoms with Crippen LogP contribution >= 0.6 is 0 Å². The molecule has 39 heavy (non-hydrogen) atoms. The summed E-state index contributed by atoms with van der Waals surface area (Å²) in [7, 11) is 0. The van der Waals surface area contributed by atoms with E-state index >= 15 is 0 Å². The van der Waals surface area contributed by atoms with Gasteiger partial charge in [-0.3, -0.25) is 0 Å². The molecule has 0 N–H and O–H groups in total. The largest absolute Gasteiger partial charge is 3.00 e. The van der Waals surface area contributed by atoms with Crippen LogP contribution in [0.4, 0.5) is 0 Å². The van der Waals surface area contributed by atoms with E-state index in [-0.39, 0.29) is 25.5 Å². The molecular formula is C35H31IrN3+. The standard InChI is InChI=1S/C24H23N2.C11H8N.Ir/c1-4-5-15-25-16-26-20-14-13-17-9-6-7-10-18(17)22(20)24(2,3)19-11-8-12-21(25)23(19)26;1-2-6-10(7-3-1)11-8-4-5-9-12-11;/h6-13H,4-5,15H2,1-3H3;1-6,8-9H;/q2*-1;+3. The average Bonchev–Trinajstić information content (AvgIpc) is 3.35. The minimum Gasteiger partial charge on any atom is -0.341 e. The molecule has 3 heterocycles. The number of fused-ring (bicyclic) bond motifs is 4. The van der Waals surface area contributed by atoms with Crippen LogP contribution in [0, 0.1) is 18.5 Å². The molecule has 6 aromatic rings. The summed E-state index contributed by atoms with van der Waals surface area (Å²) < 4.78 is 4.53. The van der Waals surface area contributed by atoms with E-state index in [1.807, 2.05) is 42.5 Å². The summed E-state index contributed by atoms with van der Waals surface area (Å²) in [5.74, 6) is 0. The third kappa shape index (κ3) is 4.84. The zero-order valence-electron chi connectivity index (χ0n) is 22.5. The Balaban J connectivity index is 0.000000200. The van der Waals surface area contributed by atoms with E-state index in [4.69, 9.17) is 0 Å². The third-order valence-corrected chi connectivity index (χ3v) is 7.49. The number of rotatable bonds is 4. The second-order valence-electron chi connectivity index (χ2n) is 10.3. The Bertz CT molecular complexity index is 1680. The number of benzene rings is 4. The van der Waals surface area contributed by atoms with Crippen molar-refractivity contribution < 1.29 is 24.7 Å². The van der Waals surface area contributed by atoms with Crippen molar-refractivity contribution in [2.75, 3.05) is 0 Å². The minimum atomic E-state index is -0.0724. The molecule has 0 fully saturated rings. The van der Waals surface area contributed by atoms with Crippen molar-refractivity contribution in [2.45, 2.75) is 45.6 Å². The molecule has 194 valence electrons. The van der Waals surface area contributed by atoms with Crippen LogP contribution in [0.2, 0.25) is 0 Å². The molecule has 1 aliphatic rings. The van der Waals surface area contributed by atoms with Crippen molar-refractivity contribution >= 4 is 21.8 Å². The molecule has 0 radical (unpaired) electrons. The molecule has 3 nitrogen and oxygen atoms in total. The van der Waals surface area contributed by atoms with Gasteiger partial charge in [0.1, 0.15) is 0 Å². The van der Waals surface area contributed by atoms with E-state index < -0.39 is 0 Å². The minimum absolute atomic E-state index is 0. The quantitative estimate of drug-likeness (QED) is 0.138. The number of pyridine rings is 1. The van der Waals surface area contributed by atoms with Crippen LogP contribution in [-0.4, -0.2) is 9.55 Å². The van der Waals surface area contributed by atoms with Crippen LogP contribution in [0.25, 0.3) is 38.8 Å². The number of aromatic nitrogens is 3. The van der Waals surface area contributed by atoms with Crippen LogP contribution in [0.1, 0.15) is 44.7 Å². The molecule has 4 heteroatoms. The second kappa shape index (κ2) is 11.3. The molecule has 2 aromatic heterocycles. The first-order valence-electron chi connectivity index (χ1n) is 13.4. The van der Waals surface area contributed by atoms with Gasteiger partial charge in [-0.25, -0.2) is 0 Å². The Labute approximate surface area is 244 Å². The van der Waals surface area contributed by atoms with Gasteiger partial charge in [0.15, 0.2) is 0 Å². The Hall–Kier alpha value is -3.59. The maximum atomic E-state index is 4.22. The fourth-order valence-electron chi connectivity index (χ4n) is 5.58. The molecule has 7 rings (SSSR count). The van der Waals surface area contributed by atoms with E-state index in [9.17, 15) is 0 Å². The summed E-state index contributed by atoms with van der Waals surface area (Å²) in [6, 6.07) is 37.9. The van der Waals surface area contributed by atoms with Gasteiger partial charge in [-0.15, -0.1) is 58.3 Å². The molecule has 0 atom stereocenters. The molecule has 0 saturated carbocycles. The molecule has 1 aliphatic heterocycles. The van der Waals surface area contributed by atoms with Gasteiger partial charge in [0.2, 0.25) is 6.33 Å². The first-order chi connectivity index (χ1) is 18.6. The van der Waals surface area contributed by atoms with Gasteiger partial charge in [0.05, 0.1) is 17.6 Å². The first-order valence-corrected chi connectivity index (χ1v) is 13.4. The Kier molecular flexibility index (Phi) is 7.79. The van der Waals surface area contributed by atoms with Gasteiger partial charge in [0, 0.05) is 6.20 Å². The van der Waals surface area contributed by atoms with E-state index in [1.165, 1.54) is 45.8 Å². The van der Waals surface area contributed by atoms with Crippen molar-refractivity contribution in [3.8, 4) is 16.9 Å². The summed E-state index contributed by atoms with van der Waals surface area (Å²) in [6.45, 7) is 7.93.